The average Bonchev–Trinajstić information content (AvgIpc) is 2.95. The lowest BCUT2D eigenvalue weighted by Gasteiger charge is -2.29. The summed E-state index contributed by atoms with van der Waals surface area (Å²) in [6.07, 6.45) is 2.54. The first-order valence-electron chi connectivity index (χ1n) is 7.31. The van der Waals surface area contributed by atoms with Crippen LogP contribution in [0.15, 0.2) is 24.3 Å². The molecule has 0 spiro atoms. The quantitative estimate of drug-likeness (QED) is 0.791. The van der Waals surface area contributed by atoms with E-state index in [9.17, 15) is 4.79 Å². The van der Waals surface area contributed by atoms with Gasteiger partial charge in [0.2, 0.25) is 5.91 Å². The number of amides is 1. The Kier molecular flexibility index (Phi) is 5.59. The van der Waals surface area contributed by atoms with Crippen LogP contribution in [0.4, 0.5) is 0 Å². The van der Waals surface area contributed by atoms with E-state index in [0.717, 1.165) is 30.7 Å². The van der Waals surface area contributed by atoms with Crippen molar-refractivity contribution in [2.75, 3.05) is 33.9 Å². The molecule has 1 unspecified atom stereocenters. The second-order valence-corrected chi connectivity index (χ2v) is 5.55. The lowest BCUT2D eigenvalue weighted by Crippen LogP contribution is -2.53. The van der Waals surface area contributed by atoms with E-state index in [-0.39, 0.29) is 11.4 Å². The summed E-state index contributed by atoms with van der Waals surface area (Å²) >= 11 is 0. The smallest absolute Gasteiger partial charge is 0.224 e. The molecular formula is C16H24N2O3. The highest BCUT2D eigenvalue weighted by molar-refractivity contribution is 5.78. The molecule has 1 amide bonds. The van der Waals surface area contributed by atoms with Crippen molar-refractivity contribution in [2.45, 2.75) is 24.8 Å². The van der Waals surface area contributed by atoms with Gasteiger partial charge in [0.15, 0.2) is 0 Å². The molecule has 5 heteroatoms. The summed E-state index contributed by atoms with van der Waals surface area (Å²) in [5.74, 6) is 0.831. The second kappa shape index (κ2) is 7.43. The van der Waals surface area contributed by atoms with Crippen LogP contribution in [0, 0.1) is 0 Å². The zero-order chi connectivity index (χ0) is 15.1. The van der Waals surface area contributed by atoms with E-state index < -0.39 is 0 Å². The summed E-state index contributed by atoms with van der Waals surface area (Å²) in [7, 11) is 3.33. The zero-order valence-electron chi connectivity index (χ0n) is 12.8. The maximum atomic E-state index is 12.1. The minimum absolute atomic E-state index is 0.0318. The van der Waals surface area contributed by atoms with Gasteiger partial charge in [-0.25, -0.2) is 0 Å². The topological polar surface area (TPSA) is 59.6 Å². The number of carbonyl (C=O) groups is 1. The molecular weight excluding hydrogens is 268 g/mol. The Labute approximate surface area is 126 Å². The first-order chi connectivity index (χ1) is 10.2. The van der Waals surface area contributed by atoms with Crippen LogP contribution < -0.4 is 15.4 Å². The fraction of sp³-hybridized carbons (Fsp3) is 0.562. The fourth-order valence-electron chi connectivity index (χ4n) is 2.73. The number of ether oxygens (including phenoxy) is 2. The largest absolute Gasteiger partial charge is 0.497 e. The molecule has 1 aliphatic heterocycles. The molecule has 2 N–H and O–H groups in total. The van der Waals surface area contributed by atoms with Crippen molar-refractivity contribution in [3.63, 3.8) is 0 Å². The SMILES string of the molecule is COCC1(CNC(=O)Cc2ccc(OC)cc2)CCCN1. The highest BCUT2D eigenvalue weighted by atomic mass is 16.5. The van der Waals surface area contributed by atoms with Crippen LogP contribution in [0.1, 0.15) is 18.4 Å². The molecule has 1 aliphatic rings. The molecule has 0 aromatic heterocycles. The van der Waals surface area contributed by atoms with Gasteiger partial charge < -0.3 is 20.1 Å². The third-order valence-electron chi connectivity index (χ3n) is 3.90. The Bertz CT molecular complexity index is 453. The number of rotatable bonds is 7. The molecule has 1 aromatic carbocycles. The summed E-state index contributed by atoms with van der Waals surface area (Å²) in [5.41, 5.74) is 0.873. The van der Waals surface area contributed by atoms with Crippen LogP contribution in [0.25, 0.3) is 0 Å². The van der Waals surface area contributed by atoms with Crippen molar-refractivity contribution < 1.29 is 14.3 Å². The molecule has 5 nitrogen and oxygen atoms in total. The van der Waals surface area contributed by atoms with Gasteiger partial charge in [-0.05, 0) is 37.1 Å². The molecule has 1 saturated heterocycles. The second-order valence-electron chi connectivity index (χ2n) is 5.55. The molecule has 1 heterocycles. The van der Waals surface area contributed by atoms with Gasteiger partial charge in [0.25, 0.3) is 0 Å². The Hall–Kier alpha value is -1.59. The summed E-state index contributed by atoms with van der Waals surface area (Å²) in [6, 6.07) is 7.56. The van der Waals surface area contributed by atoms with Gasteiger partial charge in [-0.15, -0.1) is 0 Å². The molecule has 116 valence electrons. The van der Waals surface area contributed by atoms with Gasteiger partial charge in [0.1, 0.15) is 5.75 Å². The number of carbonyl (C=O) groups excluding carboxylic acids is 1. The predicted molar refractivity (Wildman–Crippen MR) is 81.6 cm³/mol. The van der Waals surface area contributed by atoms with Crippen LogP contribution in [-0.2, 0) is 16.0 Å². The standard InChI is InChI=1S/C16H24N2O3/c1-20-12-16(8-3-9-18-16)11-17-15(19)10-13-4-6-14(21-2)7-5-13/h4-7,18H,3,8-12H2,1-2H3,(H,17,19). The van der Waals surface area contributed by atoms with Gasteiger partial charge in [0.05, 0.1) is 25.7 Å². The van der Waals surface area contributed by atoms with E-state index >= 15 is 0 Å². The van der Waals surface area contributed by atoms with Crippen LogP contribution >= 0.6 is 0 Å². The molecule has 1 fully saturated rings. The molecule has 21 heavy (non-hydrogen) atoms. The predicted octanol–water partition coefficient (Wildman–Crippen LogP) is 1.12. The summed E-state index contributed by atoms with van der Waals surface area (Å²) in [5, 5.41) is 6.46. The molecule has 1 atom stereocenters. The van der Waals surface area contributed by atoms with Gasteiger partial charge in [-0.1, -0.05) is 12.1 Å². The zero-order valence-corrected chi connectivity index (χ0v) is 12.8. The van der Waals surface area contributed by atoms with Gasteiger partial charge in [-0.2, -0.15) is 0 Å². The van der Waals surface area contributed by atoms with E-state index in [2.05, 4.69) is 10.6 Å². The van der Waals surface area contributed by atoms with E-state index in [1.54, 1.807) is 14.2 Å². The van der Waals surface area contributed by atoms with E-state index in [0.29, 0.717) is 19.6 Å². The lowest BCUT2D eigenvalue weighted by molar-refractivity contribution is -0.120. The number of hydrogen-bond donors (Lipinski definition) is 2. The molecule has 0 saturated carbocycles. The Morgan fingerprint density at radius 1 is 1.33 bits per heavy atom. The summed E-state index contributed by atoms with van der Waals surface area (Å²) in [6.45, 7) is 2.21. The van der Waals surface area contributed by atoms with Gasteiger partial charge >= 0.3 is 0 Å². The number of hydrogen-bond acceptors (Lipinski definition) is 4. The molecule has 0 aliphatic carbocycles. The molecule has 0 bridgehead atoms. The van der Waals surface area contributed by atoms with Crippen molar-refractivity contribution in [3.05, 3.63) is 29.8 Å². The monoisotopic (exact) mass is 292 g/mol. The van der Waals surface area contributed by atoms with E-state index in [1.807, 2.05) is 24.3 Å². The fourth-order valence-corrected chi connectivity index (χ4v) is 2.73. The maximum absolute atomic E-state index is 12.1. The molecule has 0 radical (unpaired) electrons. The third kappa shape index (κ3) is 4.44. The van der Waals surface area contributed by atoms with Crippen LogP contribution in [0.5, 0.6) is 5.75 Å². The van der Waals surface area contributed by atoms with Crippen molar-refractivity contribution in [3.8, 4) is 5.75 Å². The first kappa shape index (κ1) is 15.8. The van der Waals surface area contributed by atoms with Crippen molar-refractivity contribution in [1.82, 2.24) is 10.6 Å². The van der Waals surface area contributed by atoms with Crippen molar-refractivity contribution in [2.24, 2.45) is 0 Å². The Morgan fingerprint density at radius 2 is 2.10 bits per heavy atom. The normalized spacial score (nSPS) is 21.2. The Balaban J connectivity index is 1.83. The summed E-state index contributed by atoms with van der Waals surface area (Å²) < 4.78 is 10.4. The van der Waals surface area contributed by atoms with Gasteiger partial charge in [-0.3, -0.25) is 4.79 Å². The third-order valence-corrected chi connectivity index (χ3v) is 3.90. The van der Waals surface area contributed by atoms with Crippen molar-refractivity contribution in [1.29, 1.82) is 0 Å². The number of methoxy groups -OCH3 is 2. The minimum Gasteiger partial charge on any atom is -0.497 e. The Morgan fingerprint density at radius 3 is 2.67 bits per heavy atom. The van der Waals surface area contributed by atoms with Gasteiger partial charge in [0, 0.05) is 13.7 Å². The van der Waals surface area contributed by atoms with Crippen molar-refractivity contribution >= 4 is 5.91 Å². The highest BCUT2D eigenvalue weighted by Crippen LogP contribution is 2.19. The van der Waals surface area contributed by atoms with E-state index in [1.165, 1.54) is 0 Å². The molecule has 2 rings (SSSR count). The average molecular weight is 292 g/mol. The minimum atomic E-state index is -0.107. The summed E-state index contributed by atoms with van der Waals surface area (Å²) in [4.78, 5) is 12.1. The van der Waals surface area contributed by atoms with E-state index in [4.69, 9.17) is 9.47 Å². The number of benzene rings is 1. The van der Waals surface area contributed by atoms with Crippen LogP contribution in [0.2, 0.25) is 0 Å². The van der Waals surface area contributed by atoms with Crippen LogP contribution in [-0.4, -0.2) is 45.4 Å². The van der Waals surface area contributed by atoms with Crippen LogP contribution in [0.3, 0.4) is 0 Å². The lowest BCUT2D eigenvalue weighted by atomic mass is 9.98. The maximum Gasteiger partial charge on any atom is 0.224 e. The highest BCUT2D eigenvalue weighted by Gasteiger charge is 2.33. The first-order valence-corrected chi connectivity index (χ1v) is 7.31. The molecule has 1 aromatic rings. The number of nitrogens with one attached hydrogen (secondary N) is 2.